The maximum atomic E-state index is 11.1. The predicted molar refractivity (Wildman–Crippen MR) is 55.3 cm³/mol. The zero-order valence-electron chi connectivity index (χ0n) is 7.85. The number of ether oxygens (including phenoxy) is 1. The molecule has 0 fully saturated rings. The number of aromatic nitrogens is 3. The Kier molecular flexibility index (Phi) is 2.64. The van der Waals surface area contributed by atoms with Crippen LogP contribution >= 0.6 is 11.3 Å². The van der Waals surface area contributed by atoms with E-state index in [9.17, 15) is 4.79 Å². The Labute approximate surface area is 89.3 Å². The van der Waals surface area contributed by atoms with Crippen LogP contribution in [-0.2, 0) is 4.74 Å². The molecule has 0 amide bonds. The van der Waals surface area contributed by atoms with Gasteiger partial charge in [-0.3, -0.25) is 5.10 Å². The second-order valence-corrected chi connectivity index (χ2v) is 3.50. The number of thiazole rings is 1. The van der Waals surface area contributed by atoms with Crippen LogP contribution in [0.2, 0.25) is 0 Å². The summed E-state index contributed by atoms with van der Waals surface area (Å²) in [6.45, 7) is 0. The minimum atomic E-state index is -0.438. The molecule has 78 valence electrons. The molecule has 15 heavy (non-hydrogen) atoms. The fourth-order valence-electron chi connectivity index (χ4n) is 0.972. The van der Waals surface area contributed by atoms with E-state index in [1.54, 1.807) is 17.8 Å². The monoisotopic (exact) mass is 224 g/mol. The number of carbonyl (C=O) groups excluding carboxylic acids is 1. The maximum Gasteiger partial charge on any atom is 0.357 e. The third-order valence-electron chi connectivity index (χ3n) is 1.65. The number of aromatic amines is 1. The SMILES string of the molecule is COC(=O)c1csc(Nc2cn[nH]c2)n1. The molecule has 0 bridgehead atoms. The Morgan fingerprint density at radius 2 is 2.53 bits per heavy atom. The summed E-state index contributed by atoms with van der Waals surface area (Å²) in [5.74, 6) is -0.438. The van der Waals surface area contributed by atoms with Gasteiger partial charge in [-0.25, -0.2) is 9.78 Å². The number of nitrogens with one attached hydrogen (secondary N) is 2. The molecule has 0 aliphatic carbocycles. The van der Waals surface area contributed by atoms with Crippen LogP contribution in [0.15, 0.2) is 17.8 Å². The van der Waals surface area contributed by atoms with Gasteiger partial charge < -0.3 is 10.1 Å². The van der Waals surface area contributed by atoms with Crippen molar-refractivity contribution >= 4 is 28.1 Å². The van der Waals surface area contributed by atoms with Crippen molar-refractivity contribution in [3.63, 3.8) is 0 Å². The molecule has 0 aliphatic rings. The van der Waals surface area contributed by atoms with Gasteiger partial charge in [0.1, 0.15) is 0 Å². The summed E-state index contributed by atoms with van der Waals surface area (Å²) in [5, 5.41) is 11.7. The molecule has 0 atom stereocenters. The molecule has 7 heteroatoms. The van der Waals surface area contributed by atoms with Crippen LogP contribution in [0.3, 0.4) is 0 Å². The Bertz CT molecular complexity index is 451. The predicted octanol–water partition coefficient (Wildman–Crippen LogP) is 1.40. The van der Waals surface area contributed by atoms with Crippen molar-refractivity contribution in [2.45, 2.75) is 0 Å². The normalized spacial score (nSPS) is 9.93. The van der Waals surface area contributed by atoms with Gasteiger partial charge in [-0.2, -0.15) is 5.10 Å². The molecule has 2 N–H and O–H groups in total. The van der Waals surface area contributed by atoms with Crippen molar-refractivity contribution in [2.75, 3.05) is 12.4 Å². The molecule has 2 aromatic rings. The van der Waals surface area contributed by atoms with Gasteiger partial charge in [-0.1, -0.05) is 0 Å². The molecule has 2 aromatic heterocycles. The van der Waals surface area contributed by atoms with Crippen molar-refractivity contribution < 1.29 is 9.53 Å². The van der Waals surface area contributed by atoms with E-state index in [4.69, 9.17) is 0 Å². The topological polar surface area (TPSA) is 79.9 Å². The van der Waals surface area contributed by atoms with Gasteiger partial charge >= 0.3 is 5.97 Å². The summed E-state index contributed by atoms with van der Waals surface area (Å²) >= 11 is 1.33. The van der Waals surface area contributed by atoms with E-state index < -0.39 is 5.97 Å². The second-order valence-electron chi connectivity index (χ2n) is 2.64. The number of hydrogen-bond donors (Lipinski definition) is 2. The summed E-state index contributed by atoms with van der Waals surface area (Å²) in [6, 6.07) is 0. The largest absolute Gasteiger partial charge is 0.464 e. The first-order valence-electron chi connectivity index (χ1n) is 4.09. The number of rotatable bonds is 3. The van der Waals surface area contributed by atoms with Crippen LogP contribution in [0.1, 0.15) is 10.5 Å². The number of esters is 1. The Balaban J connectivity index is 2.11. The van der Waals surface area contributed by atoms with E-state index in [1.165, 1.54) is 18.4 Å². The van der Waals surface area contributed by atoms with Crippen molar-refractivity contribution in [1.82, 2.24) is 15.2 Å². The lowest BCUT2D eigenvalue weighted by Gasteiger charge is -1.95. The number of methoxy groups -OCH3 is 1. The van der Waals surface area contributed by atoms with E-state index in [-0.39, 0.29) is 0 Å². The third-order valence-corrected chi connectivity index (χ3v) is 2.41. The molecule has 2 rings (SSSR count). The molecule has 0 spiro atoms. The molecule has 0 radical (unpaired) electrons. The molecule has 0 saturated heterocycles. The molecular weight excluding hydrogens is 216 g/mol. The molecule has 0 unspecified atom stereocenters. The van der Waals surface area contributed by atoms with E-state index in [0.717, 1.165) is 5.69 Å². The van der Waals surface area contributed by atoms with Crippen molar-refractivity contribution in [2.24, 2.45) is 0 Å². The number of anilines is 2. The lowest BCUT2D eigenvalue weighted by Crippen LogP contribution is -2.01. The fraction of sp³-hybridized carbons (Fsp3) is 0.125. The second kappa shape index (κ2) is 4.09. The van der Waals surface area contributed by atoms with Crippen LogP contribution in [0.5, 0.6) is 0 Å². The summed E-state index contributed by atoms with van der Waals surface area (Å²) < 4.78 is 4.54. The third kappa shape index (κ3) is 2.13. The first-order chi connectivity index (χ1) is 7.29. The zero-order chi connectivity index (χ0) is 10.7. The summed E-state index contributed by atoms with van der Waals surface area (Å²) in [5.41, 5.74) is 1.09. The van der Waals surface area contributed by atoms with Gasteiger partial charge in [-0.15, -0.1) is 11.3 Å². The Morgan fingerprint density at radius 3 is 3.20 bits per heavy atom. The molecule has 2 heterocycles. The van der Waals surface area contributed by atoms with Crippen LogP contribution < -0.4 is 5.32 Å². The number of nitrogens with zero attached hydrogens (tertiary/aromatic N) is 2. The minimum absolute atomic E-state index is 0.300. The van der Waals surface area contributed by atoms with Crippen LogP contribution in [0.25, 0.3) is 0 Å². The van der Waals surface area contributed by atoms with Gasteiger partial charge in [0.2, 0.25) is 0 Å². The van der Waals surface area contributed by atoms with E-state index in [0.29, 0.717) is 10.8 Å². The van der Waals surface area contributed by atoms with Gasteiger partial charge in [0.15, 0.2) is 10.8 Å². The van der Waals surface area contributed by atoms with Crippen molar-refractivity contribution in [3.05, 3.63) is 23.5 Å². The molecule has 0 saturated carbocycles. The average Bonchev–Trinajstić information content (AvgIpc) is 2.88. The minimum Gasteiger partial charge on any atom is -0.464 e. The molecule has 0 aliphatic heterocycles. The highest BCUT2D eigenvalue weighted by atomic mass is 32.1. The first-order valence-corrected chi connectivity index (χ1v) is 4.97. The number of hydrogen-bond acceptors (Lipinski definition) is 6. The summed E-state index contributed by atoms with van der Waals surface area (Å²) in [4.78, 5) is 15.2. The maximum absolute atomic E-state index is 11.1. The lowest BCUT2D eigenvalue weighted by atomic mass is 10.5. The highest BCUT2D eigenvalue weighted by Crippen LogP contribution is 2.20. The Morgan fingerprint density at radius 1 is 1.67 bits per heavy atom. The summed E-state index contributed by atoms with van der Waals surface area (Å²) in [7, 11) is 1.32. The standard InChI is InChI=1S/C8H8N4O2S/c1-14-7(13)6-4-15-8(12-6)11-5-2-9-10-3-5/h2-4H,1H3,(H,9,10)(H,11,12). The quantitative estimate of drug-likeness (QED) is 0.770. The lowest BCUT2D eigenvalue weighted by molar-refractivity contribution is 0.0595. The fourth-order valence-corrected chi connectivity index (χ4v) is 1.67. The van der Waals surface area contributed by atoms with Crippen LogP contribution in [0.4, 0.5) is 10.8 Å². The number of carbonyl (C=O) groups is 1. The number of H-pyrrole nitrogens is 1. The van der Waals surface area contributed by atoms with Gasteiger partial charge in [-0.05, 0) is 0 Å². The van der Waals surface area contributed by atoms with Crippen molar-refractivity contribution in [3.8, 4) is 0 Å². The van der Waals surface area contributed by atoms with Crippen LogP contribution in [0, 0.1) is 0 Å². The highest BCUT2D eigenvalue weighted by Gasteiger charge is 2.10. The molecule has 6 nitrogen and oxygen atoms in total. The van der Waals surface area contributed by atoms with E-state index in [2.05, 4.69) is 25.2 Å². The smallest absolute Gasteiger partial charge is 0.357 e. The molecular formula is C8H8N4O2S. The first kappa shape index (κ1) is 9.66. The Hall–Kier alpha value is -1.89. The highest BCUT2D eigenvalue weighted by molar-refractivity contribution is 7.14. The van der Waals surface area contributed by atoms with Crippen molar-refractivity contribution in [1.29, 1.82) is 0 Å². The van der Waals surface area contributed by atoms with Gasteiger partial charge in [0, 0.05) is 11.6 Å². The zero-order valence-corrected chi connectivity index (χ0v) is 8.67. The molecule has 0 aromatic carbocycles. The van der Waals surface area contributed by atoms with Gasteiger partial charge in [0.05, 0.1) is 19.0 Å². The average molecular weight is 224 g/mol. The van der Waals surface area contributed by atoms with Crippen LogP contribution in [-0.4, -0.2) is 28.3 Å². The van der Waals surface area contributed by atoms with Gasteiger partial charge in [0.25, 0.3) is 0 Å². The van der Waals surface area contributed by atoms with E-state index >= 15 is 0 Å². The summed E-state index contributed by atoms with van der Waals surface area (Å²) in [6.07, 6.45) is 3.32. The van der Waals surface area contributed by atoms with E-state index in [1.807, 2.05) is 0 Å².